The largest absolute Gasteiger partial charge is 0.491 e. The van der Waals surface area contributed by atoms with Gasteiger partial charge in [0, 0.05) is 11.3 Å². The number of halogens is 6. The van der Waals surface area contributed by atoms with Crippen LogP contribution in [0.25, 0.3) is 0 Å². The first kappa shape index (κ1) is 27.1. The van der Waals surface area contributed by atoms with E-state index in [-0.39, 0.29) is 44.1 Å². The minimum absolute atomic E-state index is 0.0000236. The Balaban J connectivity index is 2.03. The van der Waals surface area contributed by atoms with Gasteiger partial charge < -0.3 is 19.7 Å². The number of nitrogens with zero attached hydrogens (tertiary/aromatic N) is 2. The van der Waals surface area contributed by atoms with Crippen molar-refractivity contribution in [2.45, 2.75) is 56.5 Å². The normalized spacial score (nSPS) is 20.1. The van der Waals surface area contributed by atoms with E-state index in [4.69, 9.17) is 4.74 Å². The van der Waals surface area contributed by atoms with Crippen LogP contribution in [-0.4, -0.2) is 77.8 Å². The molecule has 35 heavy (non-hydrogen) atoms. The Morgan fingerprint density at radius 1 is 1.06 bits per heavy atom. The molecule has 1 aromatic heterocycles. The van der Waals surface area contributed by atoms with Gasteiger partial charge in [-0.15, -0.1) is 11.3 Å². The molecule has 3 heterocycles. The lowest BCUT2D eigenvalue weighted by atomic mass is 9.89. The Hall–Kier alpha value is -2.46. The number of piperidine rings is 1. The van der Waals surface area contributed by atoms with Crippen molar-refractivity contribution in [2.75, 3.05) is 26.2 Å². The number of hydrogen-bond acceptors (Lipinski definition) is 9. The Morgan fingerprint density at radius 3 is 2.06 bits per heavy atom. The Morgan fingerprint density at radius 2 is 1.60 bits per heavy atom. The van der Waals surface area contributed by atoms with Gasteiger partial charge >= 0.3 is 30.3 Å². The second-order valence-electron chi connectivity index (χ2n) is 8.38. The summed E-state index contributed by atoms with van der Waals surface area (Å²) in [6, 6.07) is 0. The molecule has 196 valence electrons. The highest BCUT2D eigenvalue weighted by molar-refractivity contribution is 7.09. The molecule has 1 amide bonds. The molecule has 0 atom stereocenters. The van der Waals surface area contributed by atoms with Crippen LogP contribution in [-0.2, 0) is 23.8 Å². The summed E-state index contributed by atoms with van der Waals surface area (Å²) in [6.45, 7) is 2.53. The van der Waals surface area contributed by atoms with E-state index < -0.39 is 48.3 Å². The van der Waals surface area contributed by atoms with Gasteiger partial charge in [-0.1, -0.05) is 13.8 Å². The Kier molecular flexibility index (Phi) is 7.39. The molecule has 1 aromatic rings. The zero-order chi connectivity index (χ0) is 26.2. The van der Waals surface area contributed by atoms with Crippen LogP contribution in [0.2, 0.25) is 0 Å². The maximum Gasteiger partial charge on any atom is 0.491 e. The van der Waals surface area contributed by atoms with Gasteiger partial charge in [0.1, 0.15) is 12.2 Å². The summed E-state index contributed by atoms with van der Waals surface area (Å²) >= 11 is 1.14. The van der Waals surface area contributed by atoms with Gasteiger partial charge in [0.05, 0.1) is 17.2 Å². The van der Waals surface area contributed by atoms with E-state index in [2.05, 4.69) is 19.8 Å². The summed E-state index contributed by atoms with van der Waals surface area (Å²) in [6.07, 6.45) is -11.3. The second-order valence-corrected chi connectivity index (χ2v) is 9.27. The first-order chi connectivity index (χ1) is 16.1. The fourth-order valence-electron chi connectivity index (χ4n) is 3.66. The summed E-state index contributed by atoms with van der Waals surface area (Å²) < 4.78 is 91.8. The SMILES string of the molecule is CC(C)c1nc(C(=O)N2CC3(CCNCC3)OC(OC(=O)C(F)(F)F)(OC(=O)C(F)(F)F)C2)cs1. The van der Waals surface area contributed by atoms with Crippen LogP contribution in [0.3, 0.4) is 0 Å². The summed E-state index contributed by atoms with van der Waals surface area (Å²) in [5.74, 6) is -10.3. The number of rotatable bonds is 4. The number of ether oxygens (including phenoxy) is 3. The van der Waals surface area contributed by atoms with Crippen molar-refractivity contribution in [3.8, 4) is 0 Å². The highest BCUT2D eigenvalue weighted by Gasteiger charge is 2.60. The maximum absolute atomic E-state index is 13.2. The number of aromatic nitrogens is 1. The molecule has 0 bridgehead atoms. The van der Waals surface area contributed by atoms with Crippen LogP contribution in [0, 0.1) is 0 Å². The van der Waals surface area contributed by atoms with Gasteiger partial charge in [-0.05, 0) is 25.9 Å². The van der Waals surface area contributed by atoms with Crippen molar-refractivity contribution in [1.29, 1.82) is 0 Å². The molecular formula is C19H21F6N3O6S. The van der Waals surface area contributed by atoms with Gasteiger partial charge in [-0.25, -0.2) is 14.6 Å². The Bertz CT molecular complexity index is 945. The van der Waals surface area contributed by atoms with Crippen molar-refractivity contribution in [3.05, 3.63) is 16.1 Å². The minimum Gasteiger partial charge on any atom is -0.390 e. The number of carbonyl (C=O) groups excluding carboxylic acids is 3. The fraction of sp³-hybridized carbons (Fsp3) is 0.684. The molecular weight excluding hydrogens is 512 g/mol. The van der Waals surface area contributed by atoms with E-state index in [1.807, 2.05) is 13.8 Å². The summed E-state index contributed by atoms with van der Waals surface area (Å²) in [5.41, 5.74) is -1.70. The fourth-order valence-corrected chi connectivity index (χ4v) is 4.47. The van der Waals surface area contributed by atoms with E-state index in [1.165, 1.54) is 5.38 Å². The zero-order valence-corrected chi connectivity index (χ0v) is 19.2. The molecule has 2 aliphatic rings. The average molecular weight is 533 g/mol. The van der Waals surface area contributed by atoms with Gasteiger partial charge in [0.25, 0.3) is 5.91 Å². The van der Waals surface area contributed by atoms with E-state index in [9.17, 15) is 40.7 Å². The van der Waals surface area contributed by atoms with Crippen molar-refractivity contribution >= 4 is 29.2 Å². The molecule has 2 fully saturated rings. The molecule has 0 aliphatic carbocycles. The molecule has 16 heteroatoms. The van der Waals surface area contributed by atoms with Crippen molar-refractivity contribution < 1.29 is 54.9 Å². The van der Waals surface area contributed by atoms with E-state index >= 15 is 0 Å². The molecule has 1 spiro atoms. The smallest absolute Gasteiger partial charge is 0.390 e. The van der Waals surface area contributed by atoms with Crippen molar-refractivity contribution in [2.24, 2.45) is 0 Å². The molecule has 0 radical (unpaired) electrons. The topological polar surface area (TPSA) is 107 Å². The number of nitrogens with one attached hydrogen (secondary N) is 1. The number of morpholine rings is 1. The third-order valence-electron chi connectivity index (χ3n) is 5.23. The monoisotopic (exact) mass is 533 g/mol. The van der Waals surface area contributed by atoms with Crippen LogP contribution < -0.4 is 5.32 Å². The number of amides is 1. The lowest BCUT2D eigenvalue weighted by molar-refractivity contribution is -0.412. The predicted molar refractivity (Wildman–Crippen MR) is 105 cm³/mol. The zero-order valence-electron chi connectivity index (χ0n) is 18.4. The first-order valence-corrected chi connectivity index (χ1v) is 11.2. The third-order valence-corrected chi connectivity index (χ3v) is 6.38. The van der Waals surface area contributed by atoms with Crippen LogP contribution in [0.1, 0.15) is 48.1 Å². The number of esters is 2. The minimum atomic E-state index is -5.66. The van der Waals surface area contributed by atoms with Gasteiger partial charge in [-0.2, -0.15) is 26.3 Å². The highest BCUT2D eigenvalue weighted by Crippen LogP contribution is 2.39. The Labute approximate surface area is 198 Å². The summed E-state index contributed by atoms with van der Waals surface area (Å²) in [5, 5.41) is 4.88. The second kappa shape index (κ2) is 9.54. The van der Waals surface area contributed by atoms with Crippen LogP contribution >= 0.6 is 11.3 Å². The van der Waals surface area contributed by atoms with E-state index in [1.54, 1.807) is 0 Å². The van der Waals surface area contributed by atoms with Gasteiger partial charge in [0.15, 0.2) is 0 Å². The van der Waals surface area contributed by atoms with E-state index in [0.29, 0.717) is 5.01 Å². The molecule has 0 unspecified atom stereocenters. The molecule has 2 saturated heterocycles. The van der Waals surface area contributed by atoms with Crippen LogP contribution in [0.5, 0.6) is 0 Å². The van der Waals surface area contributed by atoms with Crippen molar-refractivity contribution in [3.63, 3.8) is 0 Å². The highest BCUT2D eigenvalue weighted by atomic mass is 32.1. The predicted octanol–water partition coefficient (Wildman–Crippen LogP) is 2.73. The average Bonchev–Trinajstić information content (AvgIpc) is 3.22. The molecule has 1 N–H and O–H groups in total. The number of thiazole rings is 1. The molecule has 0 aromatic carbocycles. The molecule has 9 nitrogen and oxygen atoms in total. The molecule has 3 rings (SSSR count). The third kappa shape index (κ3) is 6.22. The number of carbonyl (C=O) groups is 3. The van der Waals surface area contributed by atoms with Crippen molar-refractivity contribution in [1.82, 2.24) is 15.2 Å². The van der Waals surface area contributed by atoms with Gasteiger partial charge in [0.2, 0.25) is 0 Å². The lowest BCUT2D eigenvalue weighted by Gasteiger charge is -2.51. The number of alkyl halides is 6. The number of hydrogen-bond donors (Lipinski definition) is 1. The van der Waals surface area contributed by atoms with E-state index in [0.717, 1.165) is 16.2 Å². The van der Waals surface area contributed by atoms with Crippen LogP contribution in [0.15, 0.2) is 5.38 Å². The van der Waals surface area contributed by atoms with Gasteiger partial charge in [-0.3, -0.25) is 9.53 Å². The summed E-state index contributed by atoms with van der Waals surface area (Å²) in [4.78, 5) is 41.5. The standard InChI is InChI=1S/C19H21F6N3O6S/c1-10(2)12-27-11(7-35-12)13(29)28-8-16(3-5-26-6-4-16)34-17(9-28,32-14(30)18(20,21)22)33-15(31)19(23,24)25/h7,10,26H,3-6,8-9H2,1-2H3. The first-order valence-electron chi connectivity index (χ1n) is 10.3. The lowest BCUT2D eigenvalue weighted by Crippen LogP contribution is -2.68. The summed E-state index contributed by atoms with van der Waals surface area (Å²) in [7, 11) is 0. The van der Waals surface area contributed by atoms with Crippen LogP contribution in [0.4, 0.5) is 26.3 Å². The molecule has 2 aliphatic heterocycles. The molecule has 0 saturated carbocycles. The maximum atomic E-state index is 13.2. The quantitative estimate of drug-likeness (QED) is 0.358.